The van der Waals surface area contributed by atoms with E-state index in [2.05, 4.69) is 10.1 Å². The van der Waals surface area contributed by atoms with Gasteiger partial charge in [-0.1, -0.05) is 25.1 Å². The SMILES string of the molecule is Cc1ccc(N(CC(C)C)S(=O)(=O)c2ccc(OCc3c(C)noc3C)cc2)nc1. The topological polar surface area (TPSA) is 85.5 Å². The van der Waals surface area contributed by atoms with Crippen molar-refractivity contribution in [1.29, 1.82) is 0 Å². The maximum absolute atomic E-state index is 13.3. The summed E-state index contributed by atoms with van der Waals surface area (Å²) in [5.74, 6) is 1.83. The van der Waals surface area contributed by atoms with E-state index in [-0.39, 0.29) is 10.8 Å². The zero-order valence-corrected chi connectivity index (χ0v) is 18.7. The van der Waals surface area contributed by atoms with Crippen LogP contribution in [-0.2, 0) is 16.6 Å². The second-order valence-corrected chi connectivity index (χ2v) is 9.55. The summed E-state index contributed by atoms with van der Waals surface area (Å²) in [6.45, 7) is 10.2. The van der Waals surface area contributed by atoms with Crippen molar-refractivity contribution in [2.24, 2.45) is 5.92 Å². The fraction of sp³-hybridized carbons (Fsp3) is 0.364. The molecule has 2 aromatic heterocycles. The molecule has 0 atom stereocenters. The molecule has 30 heavy (non-hydrogen) atoms. The number of hydrogen-bond donors (Lipinski definition) is 0. The van der Waals surface area contributed by atoms with E-state index in [1.165, 1.54) is 4.31 Å². The van der Waals surface area contributed by atoms with Crippen LogP contribution in [0.4, 0.5) is 5.82 Å². The molecule has 0 aliphatic heterocycles. The number of rotatable bonds is 8. The van der Waals surface area contributed by atoms with E-state index in [4.69, 9.17) is 9.26 Å². The lowest BCUT2D eigenvalue weighted by Gasteiger charge is -2.25. The number of aromatic nitrogens is 2. The Bertz CT molecular complexity index is 1070. The van der Waals surface area contributed by atoms with E-state index in [9.17, 15) is 8.42 Å². The molecule has 0 unspecified atom stereocenters. The summed E-state index contributed by atoms with van der Waals surface area (Å²) in [6, 6.07) is 10.0. The molecule has 0 radical (unpaired) electrons. The number of aryl methyl sites for hydroxylation is 3. The van der Waals surface area contributed by atoms with E-state index in [1.54, 1.807) is 36.5 Å². The summed E-state index contributed by atoms with van der Waals surface area (Å²) in [4.78, 5) is 4.51. The Kier molecular flexibility index (Phi) is 6.45. The van der Waals surface area contributed by atoms with Crippen LogP contribution in [0.2, 0.25) is 0 Å². The summed E-state index contributed by atoms with van der Waals surface area (Å²) in [7, 11) is -3.76. The zero-order valence-electron chi connectivity index (χ0n) is 17.9. The Morgan fingerprint density at radius 1 is 1.07 bits per heavy atom. The quantitative estimate of drug-likeness (QED) is 0.527. The van der Waals surface area contributed by atoms with Gasteiger partial charge in [-0.05, 0) is 62.6 Å². The largest absolute Gasteiger partial charge is 0.489 e. The molecule has 0 aliphatic carbocycles. The minimum atomic E-state index is -3.76. The van der Waals surface area contributed by atoms with Gasteiger partial charge in [-0.3, -0.25) is 0 Å². The minimum absolute atomic E-state index is 0.139. The van der Waals surface area contributed by atoms with E-state index in [0.29, 0.717) is 30.5 Å². The molecule has 0 aliphatic rings. The van der Waals surface area contributed by atoms with Crippen LogP contribution < -0.4 is 9.04 Å². The van der Waals surface area contributed by atoms with E-state index in [0.717, 1.165) is 16.8 Å². The number of anilines is 1. The molecular weight excluding hydrogens is 402 g/mol. The lowest BCUT2D eigenvalue weighted by Crippen LogP contribution is -2.34. The van der Waals surface area contributed by atoms with Crippen LogP contribution in [0.5, 0.6) is 5.75 Å². The van der Waals surface area contributed by atoms with Gasteiger partial charge in [0.25, 0.3) is 10.0 Å². The summed E-state index contributed by atoms with van der Waals surface area (Å²) in [6.07, 6.45) is 1.67. The van der Waals surface area contributed by atoms with Crippen molar-refractivity contribution in [3.05, 3.63) is 65.2 Å². The Balaban J connectivity index is 1.82. The number of ether oxygens (including phenoxy) is 1. The van der Waals surface area contributed by atoms with Crippen molar-refractivity contribution in [1.82, 2.24) is 10.1 Å². The van der Waals surface area contributed by atoms with Gasteiger partial charge in [0, 0.05) is 12.7 Å². The summed E-state index contributed by atoms with van der Waals surface area (Å²) < 4.78 is 38.9. The summed E-state index contributed by atoms with van der Waals surface area (Å²) in [5, 5.41) is 3.91. The van der Waals surface area contributed by atoms with Crippen molar-refractivity contribution in [2.75, 3.05) is 10.8 Å². The summed E-state index contributed by atoms with van der Waals surface area (Å²) >= 11 is 0. The molecule has 0 N–H and O–H groups in total. The molecule has 0 bridgehead atoms. The van der Waals surface area contributed by atoms with Crippen LogP contribution in [0, 0.1) is 26.7 Å². The molecule has 160 valence electrons. The molecule has 8 heteroatoms. The lowest BCUT2D eigenvalue weighted by molar-refractivity contribution is 0.301. The number of nitrogens with zero attached hydrogens (tertiary/aromatic N) is 3. The Hall–Kier alpha value is -2.87. The molecule has 2 heterocycles. The van der Waals surface area contributed by atoms with Crippen molar-refractivity contribution in [3.63, 3.8) is 0 Å². The van der Waals surface area contributed by atoms with Gasteiger partial charge in [0.05, 0.1) is 16.2 Å². The van der Waals surface area contributed by atoms with Crippen LogP contribution in [0.25, 0.3) is 0 Å². The second kappa shape index (κ2) is 8.87. The number of sulfonamides is 1. The van der Waals surface area contributed by atoms with Gasteiger partial charge in [0.2, 0.25) is 0 Å². The molecule has 0 amide bonds. The molecule has 0 saturated heterocycles. The fourth-order valence-electron chi connectivity index (χ4n) is 2.95. The van der Waals surface area contributed by atoms with Gasteiger partial charge in [-0.2, -0.15) is 0 Å². The maximum Gasteiger partial charge on any atom is 0.265 e. The molecule has 3 rings (SSSR count). The number of benzene rings is 1. The predicted octanol–water partition coefficient (Wildman–Crippen LogP) is 4.43. The van der Waals surface area contributed by atoms with Crippen LogP contribution in [-0.4, -0.2) is 25.1 Å². The van der Waals surface area contributed by atoms with Crippen molar-refractivity contribution >= 4 is 15.8 Å². The molecule has 0 spiro atoms. The molecule has 0 fully saturated rings. The number of pyridine rings is 1. The minimum Gasteiger partial charge on any atom is -0.489 e. The highest BCUT2D eigenvalue weighted by Gasteiger charge is 2.26. The highest BCUT2D eigenvalue weighted by Crippen LogP contribution is 2.25. The average Bonchev–Trinajstić information content (AvgIpc) is 3.03. The molecular formula is C22H27N3O4S. The second-order valence-electron chi connectivity index (χ2n) is 7.69. The standard InChI is InChI=1S/C22H27N3O4S/c1-15(2)13-25(22-11-6-16(3)12-23-22)30(26,27)20-9-7-19(8-10-20)28-14-21-17(4)24-29-18(21)5/h6-12,15H,13-14H2,1-5H3. The predicted molar refractivity (Wildman–Crippen MR) is 115 cm³/mol. The summed E-state index contributed by atoms with van der Waals surface area (Å²) in [5.41, 5.74) is 2.64. The van der Waals surface area contributed by atoms with Gasteiger partial charge < -0.3 is 9.26 Å². The molecule has 7 nitrogen and oxygen atoms in total. The van der Waals surface area contributed by atoms with Crippen LogP contribution in [0.15, 0.2) is 52.0 Å². The molecule has 0 saturated carbocycles. The molecule has 3 aromatic rings. The van der Waals surface area contributed by atoms with E-state index in [1.807, 2.05) is 40.7 Å². The highest BCUT2D eigenvalue weighted by molar-refractivity contribution is 7.92. The smallest absolute Gasteiger partial charge is 0.265 e. The van der Waals surface area contributed by atoms with Crippen LogP contribution >= 0.6 is 0 Å². The Morgan fingerprint density at radius 2 is 1.77 bits per heavy atom. The highest BCUT2D eigenvalue weighted by atomic mass is 32.2. The van der Waals surface area contributed by atoms with E-state index >= 15 is 0 Å². The monoisotopic (exact) mass is 429 g/mol. The average molecular weight is 430 g/mol. The Labute approximate surface area is 177 Å². The van der Waals surface area contributed by atoms with Crippen molar-refractivity contribution < 1.29 is 17.7 Å². The first-order valence-electron chi connectivity index (χ1n) is 9.78. The van der Waals surface area contributed by atoms with E-state index < -0.39 is 10.0 Å². The third-order valence-corrected chi connectivity index (χ3v) is 6.44. The van der Waals surface area contributed by atoms with Crippen molar-refractivity contribution in [3.8, 4) is 5.75 Å². The lowest BCUT2D eigenvalue weighted by atomic mass is 10.2. The first kappa shape index (κ1) is 21.8. The number of hydrogen-bond acceptors (Lipinski definition) is 6. The normalized spacial score (nSPS) is 11.7. The van der Waals surface area contributed by atoms with Gasteiger partial charge >= 0.3 is 0 Å². The van der Waals surface area contributed by atoms with Gasteiger partial charge in [-0.15, -0.1) is 0 Å². The van der Waals surface area contributed by atoms with Gasteiger partial charge in [0.15, 0.2) is 0 Å². The van der Waals surface area contributed by atoms with Gasteiger partial charge in [-0.25, -0.2) is 17.7 Å². The maximum atomic E-state index is 13.3. The van der Waals surface area contributed by atoms with Crippen LogP contribution in [0.1, 0.15) is 36.4 Å². The molecule has 1 aromatic carbocycles. The third-order valence-electron chi connectivity index (χ3n) is 4.66. The zero-order chi connectivity index (χ0) is 21.9. The Morgan fingerprint density at radius 3 is 2.30 bits per heavy atom. The van der Waals surface area contributed by atoms with Crippen molar-refractivity contribution in [2.45, 2.75) is 46.1 Å². The van der Waals surface area contributed by atoms with Crippen LogP contribution in [0.3, 0.4) is 0 Å². The van der Waals surface area contributed by atoms with Gasteiger partial charge in [0.1, 0.15) is 23.9 Å². The fourth-order valence-corrected chi connectivity index (χ4v) is 4.54. The first-order valence-corrected chi connectivity index (χ1v) is 11.2. The first-order chi connectivity index (χ1) is 14.2. The third kappa shape index (κ3) is 4.81.